The van der Waals surface area contributed by atoms with Crippen molar-refractivity contribution < 1.29 is 18.4 Å². The van der Waals surface area contributed by atoms with Gasteiger partial charge in [0.1, 0.15) is 0 Å². The zero-order valence-corrected chi connectivity index (χ0v) is 20.5. The maximum absolute atomic E-state index is 12.9. The van der Waals surface area contributed by atoms with E-state index in [2.05, 4.69) is 10.1 Å². The smallest absolute Gasteiger partial charge is 0.251 e. The van der Waals surface area contributed by atoms with E-state index in [0.717, 1.165) is 6.26 Å². The maximum atomic E-state index is 12.9. The number of oxime groups is 1. The highest BCUT2D eigenvalue weighted by molar-refractivity contribution is 7.90. The first-order chi connectivity index (χ1) is 17.1. The first kappa shape index (κ1) is 24.6. The number of anilines is 1. The van der Waals surface area contributed by atoms with Crippen molar-refractivity contribution in [2.45, 2.75) is 11.8 Å². The summed E-state index contributed by atoms with van der Waals surface area (Å²) in [4.78, 5) is 17.7. The van der Waals surface area contributed by atoms with Crippen LogP contribution in [0, 0.1) is 6.92 Å². The third-order valence-electron chi connectivity index (χ3n) is 5.77. The van der Waals surface area contributed by atoms with Gasteiger partial charge in [-0.25, -0.2) is 8.42 Å². The van der Waals surface area contributed by atoms with Crippen LogP contribution in [0.3, 0.4) is 0 Å². The van der Waals surface area contributed by atoms with Gasteiger partial charge in [-0.15, -0.1) is 0 Å². The molecule has 0 aliphatic carbocycles. The van der Waals surface area contributed by atoms with Gasteiger partial charge in [0.2, 0.25) is 0 Å². The lowest BCUT2D eigenvalue weighted by molar-refractivity contribution is 0.100. The summed E-state index contributed by atoms with van der Waals surface area (Å²) in [5.74, 6) is -0.729. The van der Waals surface area contributed by atoms with Crippen LogP contribution in [-0.4, -0.2) is 37.0 Å². The van der Waals surface area contributed by atoms with Gasteiger partial charge in [0.25, 0.3) is 5.91 Å². The number of nitrogens with zero attached hydrogens (tertiary/aromatic N) is 2. The Bertz CT molecular complexity index is 1630. The SMILES string of the molecule is Cc1cc(-c2ccccc2-c2ccccc2S(C)(=O)=O)c(C(N)=O)c(-c2cccc(N)c2/C=N\O)n1. The molecule has 0 fully saturated rings. The van der Waals surface area contributed by atoms with Crippen LogP contribution in [-0.2, 0) is 9.84 Å². The fourth-order valence-corrected chi connectivity index (χ4v) is 5.19. The number of nitrogens with two attached hydrogens (primary N) is 2. The Balaban J connectivity index is 2.10. The summed E-state index contributed by atoms with van der Waals surface area (Å²) in [5, 5.41) is 12.3. The molecule has 1 heterocycles. The van der Waals surface area contributed by atoms with Crippen LogP contribution in [0.4, 0.5) is 5.69 Å². The maximum Gasteiger partial charge on any atom is 0.251 e. The molecule has 4 aromatic rings. The van der Waals surface area contributed by atoms with E-state index in [1.165, 1.54) is 6.21 Å². The number of hydrogen-bond donors (Lipinski definition) is 3. The van der Waals surface area contributed by atoms with Crippen LogP contribution >= 0.6 is 0 Å². The summed E-state index contributed by atoms with van der Waals surface area (Å²) >= 11 is 0. The van der Waals surface area contributed by atoms with Gasteiger partial charge in [-0.2, -0.15) is 0 Å². The molecule has 0 bridgehead atoms. The minimum absolute atomic E-state index is 0.128. The summed E-state index contributed by atoms with van der Waals surface area (Å²) in [5.41, 5.74) is 16.4. The Morgan fingerprint density at radius 1 is 0.917 bits per heavy atom. The van der Waals surface area contributed by atoms with Crippen LogP contribution in [0.15, 0.2) is 82.8 Å². The molecule has 0 unspecified atom stereocenters. The lowest BCUT2D eigenvalue weighted by Gasteiger charge is -2.19. The number of primary amides is 1. The van der Waals surface area contributed by atoms with E-state index in [0.29, 0.717) is 44.8 Å². The van der Waals surface area contributed by atoms with Crippen molar-refractivity contribution in [1.29, 1.82) is 0 Å². The first-order valence-corrected chi connectivity index (χ1v) is 12.8. The van der Waals surface area contributed by atoms with Crippen LogP contribution in [0.1, 0.15) is 21.6 Å². The van der Waals surface area contributed by atoms with Gasteiger partial charge in [-0.1, -0.05) is 59.8 Å². The molecular weight excluding hydrogens is 476 g/mol. The Morgan fingerprint density at radius 2 is 1.50 bits per heavy atom. The molecule has 0 aliphatic heterocycles. The number of pyridine rings is 1. The number of aryl methyl sites for hydroxylation is 1. The van der Waals surface area contributed by atoms with Gasteiger partial charge >= 0.3 is 0 Å². The van der Waals surface area contributed by atoms with Crippen LogP contribution < -0.4 is 11.5 Å². The summed E-state index contributed by atoms with van der Waals surface area (Å²) < 4.78 is 25.1. The molecule has 0 radical (unpaired) electrons. The Kier molecular flexibility index (Phi) is 6.59. The fraction of sp³-hybridized carbons (Fsp3) is 0.0741. The minimum Gasteiger partial charge on any atom is -0.411 e. The number of carbonyl (C=O) groups is 1. The Hall–Kier alpha value is -4.50. The van der Waals surface area contributed by atoms with Gasteiger partial charge in [0.15, 0.2) is 9.84 Å². The van der Waals surface area contributed by atoms with Gasteiger partial charge in [0.05, 0.1) is 22.4 Å². The van der Waals surface area contributed by atoms with Crippen molar-refractivity contribution in [3.8, 4) is 33.5 Å². The van der Waals surface area contributed by atoms with Crippen LogP contribution in [0.2, 0.25) is 0 Å². The second kappa shape index (κ2) is 9.63. The number of amides is 1. The standard InChI is InChI=1S/C27H24N4O4S/c1-16-14-21(18-9-4-3-8-17(18)19-10-5-6-13-24(19)36(2,34)35)25(27(29)32)26(31-16)20-11-7-12-23(28)22(20)15-30-33/h3-15,33H,28H2,1-2H3,(H2,29,32)/b30-15-. The second-order valence-electron chi connectivity index (χ2n) is 8.27. The monoisotopic (exact) mass is 500 g/mol. The highest BCUT2D eigenvalue weighted by atomic mass is 32.2. The Labute approximate surface area is 208 Å². The minimum atomic E-state index is -3.54. The van der Waals surface area contributed by atoms with Gasteiger partial charge in [-0.05, 0) is 41.8 Å². The molecule has 0 saturated heterocycles. The van der Waals surface area contributed by atoms with E-state index in [4.69, 9.17) is 11.5 Å². The van der Waals surface area contributed by atoms with E-state index in [9.17, 15) is 18.4 Å². The molecule has 36 heavy (non-hydrogen) atoms. The van der Waals surface area contributed by atoms with Crippen LogP contribution in [0.25, 0.3) is 33.5 Å². The van der Waals surface area contributed by atoms with Crippen LogP contribution in [0.5, 0.6) is 0 Å². The van der Waals surface area contributed by atoms with Crippen molar-refractivity contribution >= 4 is 27.6 Å². The molecule has 5 N–H and O–H groups in total. The van der Waals surface area contributed by atoms with Gasteiger partial charge in [-0.3, -0.25) is 9.78 Å². The summed E-state index contributed by atoms with van der Waals surface area (Å²) in [7, 11) is -3.54. The molecule has 0 aliphatic rings. The lowest BCUT2D eigenvalue weighted by atomic mass is 9.88. The highest BCUT2D eigenvalue weighted by Gasteiger charge is 2.24. The fourth-order valence-electron chi connectivity index (χ4n) is 4.29. The summed E-state index contributed by atoms with van der Waals surface area (Å²) in [6.07, 6.45) is 2.33. The molecule has 1 aromatic heterocycles. The van der Waals surface area contributed by atoms with E-state index in [-0.39, 0.29) is 16.2 Å². The zero-order valence-electron chi connectivity index (χ0n) is 19.6. The summed E-state index contributed by atoms with van der Waals surface area (Å²) in [6.45, 7) is 1.77. The van der Waals surface area contributed by atoms with Gasteiger partial charge in [0, 0.05) is 34.3 Å². The largest absolute Gasteiger partial charge is 0.411 e. The predicted octanol–water partition coefficient (Wildman–Crippen LogP) is 4.28. The summed E-state index contributed by atoms with van der Waals surface area (Å²) in [6, 6.07) is 20.7. The van der Waals surface area contributed by atoms with Crippen molar-refractivity contribution in [1.82, 2.24) is 4.98 Å². The van der Waals surface area contributed by atoms with Crippen molar-refractivity contribution in [3.63, 3.8) is 0 Å². The topological polar surface area (TPSA) is 149 Å². The number of benzene rings is 3. The molecular formula is C27H24N4O4S. The molecule has 9 heteroatoms. The van der Waals surface area contributed by atoms with Crippen molar-refractivity contribution in [2.24, 2.45) is 10.9 Å². The average molecular weight is 501 g/mol. The van der Waals surface area contributed by atoms with E-state index < -0.39 is 15.7 Å². The quantitative estimate of drug-likeness (QED) is 0.156. The van der Waals surface area contributed by atoms with Crippen molar-refractivity contribution in [3.05, 3.63) is 89.6 Å². The average Bonchev–Trinajstić information content (AvgIpc) is 2.84. The molecule has 8 nitrogen and oxygen atoms in total. The number of carbonyl (C=O) groups excluding carboxylic acids is 1. The molecule has 3 aromatic carbocycles. The second-order valence-corrected chi connectivity index (χ2v) is 10.3. The number of sulfone groups is 1. The molecule has 4 rings (SSSR count). The molecule has 182 valence electrons. The third kappa shape index (κ3) is 4.56. The molecule has 0 atom stereocenters. The van der Waals surface area contributed by atoms with Gasteiger partial charge < -0.3 is 16.7 Å². The number of hydrogen-bond acceptors (Lipinski definition) is 7. The third-order valence-corrected chi connectivity index (χ3v) is 6.92. The molecule has 0 spiro atoms. The predicted molar refractivity (Wildman–Crippen MR) is 141 cm³/mol. The molecule has 0 saturated carbocycles. The van der Waals surface area contributed by atoms with E-state index in [1.807, 2.05) is 0 Å². The number of nitrogen functional groups attached to an aromatic ring is 1. The number of rotatable bonds is 6. The molecule has 1 amide bonds. The Morgan fingerprint density at radius 3 is 2.11 bits per heavy atom. The van der Waals surface area contributed by atoms with E-state index >= 15 is 0 Å². The highest BCUT2D eigenvalue weighted by Crippen LogP contribution is 2.40. The van der Waals surface area contributed by atoms with Crippen molar-refractivity contribution in [2.75, 3.05) is 12.0 Å². The lowest BCUT2D eigenvalue weighted by Crippen LogP contribution is -2.16. The number of aromatic nitrogens is 1. The zero-order chi connectivity index (χ0) is 26.0. The van der Waals surface area contributed by atoms with E-state index in [1.54, 1.807) is 79.7 Å². The normalized spacial score (nSPS) is 11.6. The first-order valence-electron chi connectivity index (χ1n) is 10.9.